The number of ether oxygens (including phenoxy) is 1. The lowest BCUT2D eigenvalue weighted by atomic mass is 10.2. The Morgan fingerprint density at radius 2 is 1.89 bits per heavy atom. The van der Waals surface area contributed by atoms with Crippen molar-refractivity contribution in [3.63, 3.8) is 0 Å². The van der Waals surface area contributed by atoms with Crippen molar-refractivity contribution < 1.29 is 4.74 Å². The van der Waals surface area contributed by atoms with Crippen LogP contribution in [0.1, 0.15) is 16.8 Å². The minimum absolute atomic E-state index is 0.283. The summed E-state index contributed by atoms with van der Waals surface area (Å²) < 4.78 is 5.80. The minimum Gasteiger partial charge on any atom is -0.438 e. The van der Waals surface area contributed by atoms with Gasteiger partial charge in [-0.25, -0.2) is 4.98 Å². The number of para-hydroxylation sites is 1. The molecule has 0 unspecified atom stereocenters. The van der Waals surface area contributed by atoms with Gasteiger partial charge in [0.05, 0.1) is 5.56 Å². The Labute approximate surface area is 112 Å². The maximum Gasteiger partial charge on any atom is 0.229 e. The van der Waals surface area contributed by atoms with E-state index in [1.807, 2.05) is 50.2 Å². The molecule has 3 nitrogen and oxygen atoms in total. The smallest absolute Gasteiger partial charge is 0.229 e. The van der Waals surface area contributed by atoms with Crippen molar-refractivity contribution in [2.75, 3.05) is 0 Å². The summed E-state index contributed by atoms with van der Waals surface area (Å²) in [6.07, 6.45) is 0. The number of nitrogens with two attached hydrogens (primary N) is 1. The number of hydrogen-bond donors (Lipinski definition) is 1. The molecular formula is C14H14N2OS. The SMILES string of the molecule is Cc1ccc(C(N)=S)c(Oc2ccccc2C)n1. The largest absolute Gasteiger partial charge is 0.438 e. The van der Waals surface area contributed by atoms with E-state index in [-0.39, 0.29) is 4.99 Å². The number of aromatic nitrogens is 1. The fourth-order valence-electron chi connectivity index (χ4n) is 1.57. The average molecular weight is 258 g/mol. The van der Waals surface area contributed by atoms with Crippen LogP contribution in [0.25, 0.3) is 0 Å². The third kappa shape index (κ3) is 2.65. The quantitative estimate of drug-likeness (QED) is 0.859. The first kappa shape index (κ1) is 12.5. The summed E-state index contributed by atoms with van der Waals surface area (Å²) in [5.74, 6) is 1.21. The maximum absolute atomic E-state index is 5.80. The van der Waals surface area contributed by atoms with Gasteiger partial charge in [-0.1, -0.05) is 30.4 Å². The summed E-state index contributed by atoms with van der Waals surface area (Å²) >= 11 is 5.00. The first-order chi connectivity index (χ1) is 8.58. The predicted molar refractivity (Wildman–Crippen MR) is 76.1 cm³/mol. The highest BCUT2D eigenvalue weighted by Gasteiger charge is 2.10. The first-order valence-electron chi connectivity index (χ1n) is 5.59. The molecular weight excluding hydrogens is 244 g/mol. The molecule has 0 amide bonds. The average Bonchev–Trinajstić information content (AvgIpc) is 2.32. The topological polar surface area (TPSA) is 48.1 Å². The van der Waals surface area contributed by atoms with E-state index < -0.39 is 0 Å². The Balaban J connectivity index is 2.42. The molecule has 0 bridgehead atoms. The highest BCUT2D eigenvalue weighted by molar-refractivity contribution is 7.80. The van der Waals surface area contributed by atoms with Gasteiger partial charge in [0.15, 0.2) is 0 Å². The second-order valence-electron chi connectivity index (χ2n) is 4.04. The third-order valence-electron chi connectivity index (χ3n) is 2.57. The lowest BCUT2D eigenvalue weighted by Crippen LogP contribution is -2.12. The molecule has 1 aromatic heterocycles. The van der Waals surface area contributed by atoms with Gasteiger partial charge in [0.1, 0.15) is 10.7 Å². The van der Waals surface area contributed by atoms with E-state index in [1.165, 1.54) is 0 Å². The number of rotatable bonds is 3. The zero-order chi connectivity index (χ0) is 13.1. The molecule has 92 valence electrons. The van der Waals surface area contributed by atoms with Crippen molar-refractivity contribution in [1.82, 2.24) is 4.98 Å². The number of nitrogens with zero attached hydrogens (tertiary/aromatic N) is 1. The Morgan fingerprint density at radius 3 is 2.56 bits per heavy atom. The normalized spacial score (nSPS) is 10.1. The molecule has 2 N–H and O–H groups in total. The van der Waals surface area contributed by atoms with Crippen molar-refractivity contribution in [3.05, 3.63) is 53.2 Å². The van der Waals surface area contributed by atoms with Crippen LogP contribution in [0.3, 0.4) is 0 Å². The highest BCUT2D eigenvalue weighted by atomic mass is 32.1. The van der Waals surface area contributed by atoms with Gasteiger partial charge in [0.25, 0.3) is 0 Å². The zero-order valence-electron chi connectivity index (χ0n) is 10.3. The van der Waals surface area contributed by atoms with Crippen molar-refractivity contribution in [2.24, 2.45) is 5.73 Å². The van der Waals surface area contributed by atoms with Gasteiger partial charge < -0.3 is 10.5 Å². The van der Waals surface area contributed by atoms with Crippen molar-refractivity contribution in [3.8, 4) is 11.6 Å². The van der Waals surface area contributed by atoms with Gasteiger partial charge >= 0.3 is 0 Å². The van der Waals surface area contributed by atoms with E-state index in [2.05, 4.69) is 4.98 Å². The van der Waals surface area contributed by atoms with Crippen LogP contribution in [0.15, 0.2) is 36.4 Å². The minimum atomic E-state index is 0.283. The monoisotopic (exact) mass is 258 g/mol. The number of thiocarbonyl (C=S) groups is 1. The molecule has 0 radical (unpaired) electrons. The van der Waals surface area contributed by atoms with Gasteiger partial charge in [-0.2, -0.15) is 0 Å². The summed E-state index contributed by atoms with van der Waals surface area (Å²) in [4.78, 5) is 4.62. The summed E-state index contributed by atoms with van der Waals surface area (Å²) in [5.41, 5.74) is 8.22. The highest BCUT2D eigenvalue weighted by Crippen LogP contribution is 2.26. The molecule has 1 aromatic carbocycles. The lowest BCUT2D eigenvalue weighted by Gasteiger charge is -2.11. The van der Waals surface area contributed by atoms with E-state index in [1.54, 1.807) is 0 Å². The van der Waals surface area contributed by atoms with E-state index in [0.29, 0.717) is 11.4 Å². The number of hydrogen-bond acceptors (Lipinski definition) is 3. The summed E-state index contributed by atoms with van der Waals surface area (Å²) in [6.45, 7) is 3.87. The standard InChI is InChI=1S/C14H14N2OS/c1-9-5-3-4-6-12(9)17-14-11(13(15)18)8-7-10(2)16-14/h3-8H,1-2H3,(H2,15,18). The van der Waals surface area contributed by atoms with Crippen LogP contribution >= 0.6 is 12.2 Å². The Morgan fingerprint density at radius 1 is 1.17 bits per heavy atom. The Hall–Kier alpha value is -1.94. The van der Waals surface area contributed by atoms with Crippen LogP contribution < -0.4 is 10.5 Å². The molecule has 0 fully saturated rings. The van der Waals surface area contributed by atoms with Crippen molar-refractivity contribution in [1.29, 1.82) is 0 Å². The van der Waals surface area contributed by atoms with Crippen LogP contribution in [0.5, 0.6) is 11.6 Å². The van der Waals surface area contributed by atoms with Gasteiger partial charge in [-0.15, -0.1) is 0 Å². The molecule has 0 aliphatic heterocycles. The number of pyridine rings is 1. The lowest BCUT2D eigenvalue weighted by molar-refractivity contribution is 0.457. The second-order valence-corrected chi connectivity index (χ2v) is 4.48. The molecule has 0 atom stereocenters. The van der Waals surface area contributed by atoms with Crippen LogP contribution in [-0.4, -0.2) is 9.97 Å². The van der Waals surface area contributed by atoms with Crippen LogP contribution in [-0.2, 0) is 0 Å². The van der Waals surface area contributed by atoms with Gasteiger partial charge in [0.2, 0.25) is 5.88 Å². The fraction of sp³-hybridized carbons (Fsp3) is 0.143. The fourth-order valence-corrected chi connectivity index (χ4v) is 1.73. The van der Waals surface area contributed by atoms with E-state index in [4.69, 9.17) is 22.7 Å². The molecule has 18 heavy (non-hydrogen) atoms. The van der Waals surface area contributed by atoms with Crippen LogP contribution in [0.4, 0.5) is 0 Å². The zero-order valence-corrected chi connectivity index (χ0v) is 11.1. The van der Waals surface area contributed by atoms with E-state index in [0.717, 1.165) is 17.0 Å². The van der Waals surface area contributed by atoms with E-state index in [9.17, 15) is 0 Å². The van der Waals surface area contributed by atoms with Crippen molar-refractivity contribution >= 4 is 17.2 Å². The Kier molecular flexibility index (Phi) is 3.58. The van der Waals surface area contributed by atoms with Gasteiger partial charge in [-0.3, -0.25) is 0 Å². The van der Waals surface area contributed by atoms with Gasteiger partial charge in [0, 0.05) is 5.69 Å². The maximum atomic E-state index is 5.80. The van der Waals surface area contributed by atoms with Crippen LogP contribution in [0, 0.1) is 13.8 Å². The summed E-state index contributed by atoms with van der Waals surface area (Å²) in [6, 6.07) is 11.4. The summed E-state index contributed by atoms with van der Waals surface area (Å²) in [5, 5.41) is 0. The van der Waals surface area contributed by atoms with Crippen LogP contribution in [0.2, 0.25) is 0 Å². The summed E-state index contributed by atoms with van der Waals surface area (Å²) in [7, 11) is 0. The molecule has 0 spiro atoms. The Bertz CT molecular complexity index is 596. The molecule has 1 heterocycles. The molecule has 0 aliphatic carbocycles. The number of benzene rings is 1. The molecule has 0 saturated carbocycles. The molecule has 4 heteroatoms. The number of aryl methyl sites for hydroxylation is 2. The molecule has 0 saturated heterocycles. The molecule has 2 aromatic rings. The third-order valence-corrected chi connectivity index (χ3v) is 2.79. The van der Waals surface area contributed by atoms with Gasteiger partial charge in [-0.05, 0) is 37.6 Å². The second kappa shape index (κ2) is 5.14. The van der Waals surface area contributed by atoms with Crippen molar-refractivity contribution in [2.45, 2.75) is 13.8 Å². The molecule has 2 rings (SSSR count). The van der Waals surface area contributed by atoms with E-state index >= 15 is 0 Å². The predicted octanol–water partition coefficient (Wildman–Crippen LogP) is 3.12. The molecule has 0 aliphatic rings. The first-order valence-corrected chi connectivity index (χ1v) is 5.99.